The predicted octanol–water partition coefficient (Wildman–Crippen LogP) is 2.91. The van der Waals surface area contributed by atoms with Gasteiger partial charge in [-0.25, -0.2) is 0 Å². The standard InChI is InChI=1S/C19H19BrN2O4/c20-14-2-4-15(5-3-14)26-12-19(24)21-9-10-25-16-6-7-17-13(11-16)1-8-18(23)22-17/h2-7,11H,1,8-10,12H2,(H,21,24)(H,22,23). The maximum Gasteiger partial charge on any atom is 0.258 e. The molecular formula is C19H19BrN2O4. The van der Waals surface area contributed by atoms with Gasteiger partial charge >= 0.3 is 0 Å². The van der Waals surface area contributed by atoms with Crippen LogP contribution in [-0.4, -0.2) is 31.6 Å². The van der Waals surface area contributed by atoms with E-state index in [9.17, 15) is 9.59 Å². The molecule has 0 bridgehead atoms. The van der Waals surface area contributed by atoms with Gasteiger partial charge in [-0.15, -0.1) is 0 Å². The molecule has 3 rings (SSSR count). The molecule has 0 saturated carbocycles. The molecule has 0 fully saturated rings. The van der Waals surface area contributed by atoms with E-state index >= 15 is 0 Å². The molecule has 7 heteroatoms. The number of anilines is 1. The Bertz CT molecular complexity index is 793. The van der Waals surface area contributed by atoms with E-state index in [0.29, 0.717) is 31.7 Å². The van der Waals surface area contributed by atoms with Crippen molar-refractivity contribution < 1.29 is 19.1 Å². The predicted molar refractivity (Wildman–Crippen MR) is 102 cm³/mol. The Morgan fingerprint density at radius 3 is 2.65 bits per heavy atom. The molecule has 26 heavy (non-hydrogen) atoms. The van der Waals surface area contributed by atoms with E-state index in [-0.39, 0.29) is 18.4 Å². The Morgan fingerprint density at radius 2 is 1.85 bits per heavy atom. The van der Waals surface area contributed by atoms with E-state index < -0.39 is 0 Å². The van der Waals surface area contributed by atoms with Gasteiger partial charge in [0.1, 0.15) is 18.1 Å². The van der Waals surface area contributed by atoms with Crippen LogP contribution in [-0.2, 0) is 16.0 Å². The van der Waals surface area contributed by atoms with Crippen LogP contribution in [0, 0.1) is 0 Å². The van der Waals surface area contributed by atoms with Crippen molar-refractivity contribution in [2.45, 2.75) is 12.8 Å². The summed E-state index contributed by atoms with van der Waals surface area (Å²) >= 11 is 3.34. The van der Waals surface area contributed by atoms with E-state index in [1.54, 1.807) is 12.1 Å². The number of carbonyl (C=O) groups is 2. The molecule has 0 aromatic heterocycles. The number of nitrogens with one attached hydrogen (secondary N) is 2. The summed E-state index contributed by atoms with van der Waals surface area (Å²) in [5.74, 6) is 1.20. The second-order valence-corrected chi connectivity index (χ2v) is 6.72. The molecule has 0 radical (unpaired) electrons. The van der Waals surface area contributed by atoms with Gasteiger partial charge in [0.15, 0.2) is 6.61 Å². The number of ether oxygens (including phenoxy) is 2. The van der Waals surface area contributed by atoms with Crippen molar-refractivity contribution in [3.05, 3.63) is 52.5 Å². The number of hydrogen-bond acceptors (Lipinski definition) is 4. The van der Waals surface area contributed by atoms with E-state index in [1.165, 1.54) is 0 Å². The van der Waals surface area contributed by atoms with Crippen LogP contribution in [0.2, 0.25) is 0 Å². The van der Waals surface area contributed by atoms with Crippen molar-refractivity contribution in [2.24, 2.45) is 0 Å². The highest BCUT2D eigenvalue weighted by Gasteiger charge is 2.15. The first-order valence-electron chi connectivity index (χ1n) is 8.31. The molecule has 1 heterocycles. The van der Waals surface area contributed by atoms with Crippen molar-refractivity contribution in [1.82, 2.24) is 5.32 Å². The van der Waals surface area contributed by atoms with Crippen LogP contribution in [0.1, 0.15) is 12.0 Å². The van der Waals surface area contributed by atoms with E-state index in [1.807, 2.05) is 30.3 Å². The summed E-state index contributed by atoms with van der Waals surface area (Å²) in [6, 6.07) is 12.9. The van der Waals surface area contributed by atoms with Gasteiger partial charge in [-0.05, 0) is 54.4 Å². The summed E-state index contributed by atoms with van der Waals surface area (Å²) < 4.78 is 12.0. The number of rotatable bonds is 7. The second kappa shape index (κ2) is 8.71. The number of hydrogen-bond donors (Lipinski definition) is 2. The summed E-state index contributed by atoms with van der Waals surface area (Å²) in [7, 11) is 0. The lowest BCUT2D eigenvalue weighted by atomic mass is 10.0. The fourth-order valence-electron chi connectivity index (χ4n) is 2.54. The molecule has 1 aliphatic heterocycles. The van der Waals surface area contributed by atoms with Crippen molar-refractivity contribution in [3.63, 3.8) is 0 Å². The maximum absolute atomic E-state index is 11.8. The minimum atomic E-state index is -0.204. The van der Waals surface area contributed by atoms with Crippen LogP contribution < -0.4 is 20.1 Å². The van der Waals surface area contributed by atoms with Gasteiger partial charge < -0.3 is 20.1 Å². The monoisotopic (exact) mass is 418 g/mol. The Labute approximate surface area is 160 Å². The number of carbonyl (C=O) groups excluding carboxylic acids is 2. The third-order valence-electron chi connectivity index (χ3n) is 3.85. The molecular weight excluding hydrogens is 400 g/mol. The van der Waals surface area contributed by atoms with Crippen molar-refractivity contribution in [3.8, 4) is 11.5 Å². The lowest BCUT2D eigenvalue weighted by Gasteiger charge is -2.17. The van der Waals surface area contributed by atoms with Crippen molar-refractivity contribution in [1.29, 1.82) is 0 Å². The third-order valence-corrected chi connectivity index (χ3v) is 4.38. The number of benzene rings is 2. The summed E-state index contributed by atoms with van der Waals surface area (Å²) in [5.41, 5.74) is 1.90. The van der Waals surface area contributed by atoms with Crippen LogP contribution in [0.25, 0.3) is 0 Å². The van der Waals surface area contributed by atoms with Crippen LogP contribution in [0.5, 0.6) is 11.5 Å². The fourth-order valence-corrected chi connectivity index (χ4v) is 2.80. The molecule has 0 atom stereocenters. The minimum Gasteiger partial charge on any atom is -0.492 e. The first-order chi connectivity index (χ1) is 12.6. The zero-order chi connectivity index (χ0) is 18.4. The summed E-state index contributed by atoms with van der Waals surface area (Å²) in [6.45, 7) is 0.700. The van der Waals surface area contributed by atoms with Gasteiger partial charge in [-0.1, -0.05) is 15.9 Å². The largest absolute Gasteiger partial charge is 0.492 e. The van der Waals surface area contributed by atoms with Gasteiger partial charge in [-0.3, -0.25) is 9.59 Å². The molecule has 0 saturated heterocycles. The minimum absolute atomic E-state index is 0.0410. The highest BCUT2D eigenvalue weighted by atomic mass is 79.9. The Kier molecular flexibility index (Phi) is 6.12. The number of aryl methyl sites for hydroxylation is 1. The number of amides is 2. The topological polar surface area (TPSA) is 76.7 Å². The molecule has 2 aromatic rings. The highest BCUT2D eigenvalue weighted by molar-refractivity contribution is 9.10. The molecule has 2 N–H and O–H groups in total. The quantitative estimate of drug-likeness (QED) is 0.677. The molecule has 0 aliphatic carbocycles. The van der Waals surface area contributed by atoms with E-state index in [0.717, 1.165) is 21.5 Å². The first-order valence-corrected chi connectivity index (χ1v) is 9.10. The second-order valence-electron chi connectivity index (χ2n) is 5.81. The highest BCUT2D eigenvalue weighted by Crippen LogP contribution is 2.26. The molecule has 2 aromatic carbocycles. The molecule has 0 unspecified atom stereocenters. The Hall–Kier alpha value is -2.54. The molecule has 0 spiro atoms. The number of halogens is 1. The number of fused-ring (bicyclic) bond motifs is 1. The lowest BCUT2D eigenvalue weighted by Crippen LogP contribution is -2.32. The first kappa shape index (κ1) is 18.3. The SMILES string of the molecule is O=C(COc1ccc(Br)cc1)NCCOc1ccc2c(c1)CCC(=O)N2. The van der Waals surface area contributed by atoms with Gasteiger partial charge in [-0.2, -0.15) is 0 Å². The summed E-state index contributed by atoms with van der Waals surface area (Å²) in [4.78, 5) is 23.1. The summed E-state index contributed by atoms with van der Waals surface area (Å²) in [6.07, 6.45) is 1.20. The summed E-state index contributed by atoms with van der Waals surface area (Å²) in [5, 5.41) is 5.58. The fraction of sp³-hybridized carbons (Fsp3) is 0.263. The van der Waals surface area contributed by atoms with Crippen LogP contribution in [0.4, 0.5) is 5.69 Å². The maximum atomic E-state index is 11.8. The Morgan fingerprint density at radius 1 is 1.08 bits per heavy atom. The van der Waals surface area contributed by atoms with Gasteiger partial charge in [0.2, 0.25) is 5.91 Å². The van der Waals surface area contributed by atoms with Crippen molar-refractivity contribution >= 4 is 33.4 Å². The van der Waals surface area contributed by atoms with Crippen LogP contribution in [0.15, 0.2) is 46.9 Å². The smallest absolute Gasteiger partial charge is 0.258 e. The van der Waals surface area contributed by atoms with E-state index in [2.05, 4.69) is 26.6 Å². The van der Waals surface area contributed by atoms with Crippen molar-refractivity contribution in [2.75, 3.05) is 25.1 Å². The molecule has 2 amide bonds. The van der Waals surface area contributed by atoms with Crippen LogP contribution >= 0.6 is 15.9 Å². The zero-order valence-corrected chi connectivity index (χ0v) is 15.7. The molecule has 6 nitrogen and oxygen atoms in total. The molecule has 1 aliphatic rings. The van der Waals surface area contributed by atoms with Crippen LogP contribution in [0.3, 0.4) is 0 Å². The zero-order valence-electron chi connectivity index (χ0n) is 14.1. The van der Waals surface area contributed by atoms with E-state index in [4.69, 9.17) is 9.47 Å². The third kappa shape index (κ3) is 5.23. The average molecular weight is 419 g/mol. The van der Waals surface area contributed by atoms with Gasteiger partial charge in [0.25, 0.3) is 5.91 Å². The molecule has 136 valence electrons. The normalized spacial score (nSPS) is 12.7. The average Bonchev–Trinajstić information content (AvgIpc) is 2.65. The Balaban J connectivity index is 1.36. The van der Waals surface area contributed by atoms with Gasteiger partial charge in [0.05, 0.1) is 6.54 Å². The van der Waals surface area contributed by atoms with Gasteiger partial charge in [0, 0.05) is 16.6 Å². The lowest BCUT2D eigenvalue weighted by molar-refractivity contribution is -0.123.